The molecule has 0 saturated carbocycles. The summed E-state index contributed by atoms with van der Waals surface area (Å²) in [6.45, 7) is 8.78. The molecule has 6 nitrogen and oxygen atoms in total. The Balaban J connectivity index is 1.78. The molecule has 0 aliphatic carbocycles. The van der Waals surface area contributed by atoms with Gasteiger partial charge < -0.3 is 9.47 Å². The van der Waals surface area contributed by atoms with Crippen LogP contribution in [0.5, 0.6) is 11.5 Å². The van der Waals surface area contributed by atoms with Crippen LogP contribution in [0.1, 0.15) is 56.0 Å². The third-order valence-corrected chi connectivity index (χ3v) is 4.43. The van der Waals surface area contributed by atoms with Crippen molar-refractivity contribution in [3.63, 3.8) is 0 Å². The molecule has 0 heterocycles. The van der Waals surface area contributed by atoms with Crippen LogP contribution < -0.4 is 20.3 Å². The van der Waals surface area contributed by atoms with Crippen LogP contribution in [0, 0.1) is 5.92 Å². The van der Waals surface area contributed by atoms with E-state index in [1.165, 1.54) is 5.56 Å². The van der Waals surface area contributed by atoms with E-state index < -0.39 is 11.8 Å². The summed E-state index contributed by atoms with van der Waals surface area (Å²) >= 11 is 0. The Morgan fingerprint density at radius 2 is 1.66 bits per heavy atom. The number of carbonyl (C=O) groups excluding carboxylic acids is 2. The van der Waals surface area contributed by atoms with Crippen LogP contribution in [-0.4, -0.2) is 25.0 Å². The maximum absolute atomic E-state index is 12.2. The molecule has 0 fully saturated rings. The van der Waals surface area contributed by atoms with Crippen molar-refractivity contribution in [3.8, 4) is 11.5 Å². The smallest absolute Gasteiger partial charge is 0.276 e. The molecule has 0 aliphatic rings. The van der Waals surface area contributed by atoms with Gasteiger partial charge in [0.1, 0.15) is 11.5 Å². The minimum Gasteiger partial charge on any atom is -0.493 e. The molecule has 0 saturated heterocycles. The largest absolute Gasteiger partial charge is 0.493 e. The summed E-state index contributed by atoms with van der Waals surface area (Å²) in [4.78, 5) is 24.2. The molecule has 2 N–H and O–H groups in total. The molecular formula is C23H30N2O4. The molecule has 1 unspecified atom stereocenters. The van der Waals surface area contributed by atoms with Crippen LogP contribution in [-0.2, 0) is 4.79 Å². The Hall–Kier alpha value is -3.02. The number of ether oxygens (including phenoxy) is 2. The van der Waals surface area contributed by atoms with Gasteiger partial charge in [-0.2, -0.15) is 0 Å². The fourth-order valence-electron chi connectivity index (χ4n) is 2.50. The van der Waals surface area contributed by atoms with Crippen molar-refractivity contribution in [1.82, 2.24) is 10.9 Å². The van der Waals surface area contributed by atoms with Crippen molar-refractivity contribution in [2.24, 2.45) is 5.92 Å². The lowest BCUT2D eigenvalue weighted by Crippen LogP contribution is -2.43. The molecule has 29 heavy (non-hydrogen) atoms. The molecule has 1 atom stereocenters. The van der Waals surface area contributed by atoms with Crippen LogP contribution in [0.15, 0.2) is 48.5 Å². The highest BCUT2D eigenvalue weighted by Gasteiger charge is 2.10. The lowest BCUT2D eigenvalue weighted by atomic mass is 9.99. The number of benzene rings is 2. The Morgan fingerprint density at radius 3 is 2.31 bits per heavy atom. The van der Waals surface area contributed by atoms with E-state index in [1.807, 2.05) is 38.1 Å². The van der Waals surface area contributed by atoms with Crippen molar-refractivity contribution in [3.05, 3.63) is 59.7 Å². The topological polar surface area (TPSA) is 76.7 Å². The Kier molecular flexibility index (Phi) is 8.52. The molecule has 0 aliphatic heterocycles. The number of hydrogen-bond acceptors (Lipinski definition) is 4. The molecule has 6 heteroatoms. The van der Waals surface area contributed by atoms with E-state index in [0.29, 0.717) is 35.5 Å². The van der Waals surface area contributed by atoms with Gasteiger partial charge in [-0.3, -0.25) is 20.4 Å². The zero-order valence-corrected chi connectivity index (χ0v) is 17.5. The Morgan fingerprint density at radius 1 is 0.931 bits per heavy atom. The predicted octanol–water partition coefficient (Wildman–Crippen LogP) is 4.07. The number of hydrogen-bond donors (Lipinski definition) is 2. The number of nitrogens with one attached hydrogen (secondary N) is 2. The maximum atomic E-state index is 12.2. The number of carbonyl (C=O) groups is 2. The SMILES string of the molecule is CCC(C)c1ccc(OCC(=O)NNC(=O)c2cccc(OCC(C)C)c2)cc1. The van der Waals surface area contributed by atoms with Gasteiger partial charge in [0.25, 0.3) is 11.8 Å². The first-order valence-electron chi connectivity index (χ1n) is 9.93. The van der Waals surface area contributed by atoms with Crippen molar-refractivity contribution >= 4 is 11.8 Å². The summed E-state index contributed by atoms with van der Waals surface area (Å²) in [7, 11) is 0. The molecule has 0 aromatic heterocycles. The third-order valence-electron chi connectivity index (χ3n) is 4.43. The fourth-order valence-corrected chi connectivity index (χ4v) is 2.50. The van der Waals surface area contributed by atoms with Crippen LogP contribution in [0.3, 0.4) is 0 Å². The quantitative estimate of drug-likeness (QED) is 0.624. The second-order valence-electron chi connectivity index (χ2n) is 7.40. The molecule has 2 amide bonds. The first-order valence-corrected chi connectivity index (χ1v) is 9.93. The summed E-state index contributed by atoms with van der Waals surface area (Å²) in [5.41, 5.74) is 6.37. The Bertz CT molecular complexity index is 803. The molecule has 0 bridgehead atoms. The zero-order valence-electron chi connectivity index (χ0n) is 17.5. The second kappa shape index (κ2) is 11.1. The van der Waals surface area contributed by atoms with E-state index in [0.717, 1.165) is 6.42 Å². The summed E-state index contributed by atoms with van der Waals surface area (Å²) < 4.78 is 11.1. The average molecular weight is 399 g/mol. The zero-order chi connectivity index (χ0) is 21.2. The molecule has 156 valence electrons. The van der Waals surface area contributed by atoms with Crippen LogP contribution in [0.4, 0.5) is 0 Å². The lowest BCUT2D eigenvalue weighted by molar-refractivity contribution is -0.123. The van der Waals surface area contributed by atoms with Gasteiger partial charge in [0.05, 0.1) is 6.61 Å². The minimum absolute atomic E-state index is 0.194. The molecular weight excluding hydrogens is 368 g/mol. The number of hydrazine groups is 1. The van der Waals surface area contributed by atoms with E-state index in [1.54, 1.807) is 24.3 Å². The van der Waals surface area contributed by atoms with Crippen LogP contribution in [0.25, 0.3) is 0 Å². The highest BCUT2D eigenvalue weighted by atomic mass is 16.5. The van der Waals surface area contributed by atoms with E-state index >= 15 is 0 Å². The van der Waals surface area contributed by atoms with Crippen molar-refractivity contribution in [2.45, 2.75) is 40.0 Å². The summed E-state index contributed by atoms with van der Waals surface area (Å²) in [5.74, 6) is 1.22. The van der Waals surface area contributed by atoms with Crippen molar-refractivity contribution in [2.75, 3.05) is 13.2 Å². The summed E-state index contributed by atoms with van der Waals surface area (Å²) in [6, 6.07) is 14.5. The molecule has 0 radical (unpaired) electrons. The van der Waals surface area contributed by atoms with E-state index in [2.05, 4.69) is 24.7 Å². The minimum atomic E-state index is -0.448. The van der Waals surface area contributed by atoms with Gasteiger partial charge in [-0.1, -0.05) is 45.9 Å². The van der Waals surface area contributed by atoms with Gasteiger partial charge in [-0.15, -0.1) is 0 Å². The number of rotatable bonds is 9. The van der Waals surface area contributed by atoms with Crippen LogP contribution in [0.2, 0.25) is 0 Å². The van der Waals surface area contributed by atoms with E-state index in [9.17, 15) is 9.59 Å². The second-order valence-corrected chi connectivity index (χ2v) is 7.40. The van der Waals surface area contributed by atoms with E-state index in [-0.39, 0.29) is 6.61 Å². The molecule has 0 spiro atoms. The maximum Gasteiger partial charge on any atom is 0.276 e. The van der Waals surface area contributed by atoms with Crippen molar-refractivity contribution in [1.29, 1.82) is 0 Å². The van der Waals surface area contributed by atoms with Gasteiger partial charge in [0.15, 0.2) is 6.61 Å². The summed E-state index contributed by atoms with van der Waals surface area (Å²) in [5, 5.41) is 0. The van der Waals surface area contributed by atoms with Crippen molar-refractivity contribution < 1.29 is 19.1 Å². The van der Waals surface area contributed by atoms with Gasteiger partial charge >= 0.3 is 0 Å². The lowest BCUT2D eigenvalue weighted by Gasteiger charge is -2.12. The van der Waals surface area contributed by atoms with Gasteiger partial charge in [0, 0.05) is 5.56 Å². The van der Waals surface area contributed by atoms with Gasteiger partial charge in [-0.05, 0) is 54.2 Å². The average Bonchev–Trinajstić information content (AvgIpc) is 2.74. The monoisotopic (exact) mass is 398 g/mol. The molecule has 2 aromatic rings. The molecule has 2 aromatic carbocycles. The predicted molar refractivity (Wildman–Crippen MR) is 113 cm³/mol. The van der Waals surface area contributed by atoms with Gasteiger partial charge in [-0.25, -0.2) is 0 Å². The first-order chi connectivity index (χ1) is 13.9. The summed E-state index contributed by atoms with van der Waals surface area (Å²) in [6.07, 6.45) is 1.06. The van der Waals surface area contributed by atoms with Gasteiger partial charge in [0.2, 0.25) is 0 Å². The molecule has 2 rings (SSSR count). The number of amides is 2. The van der Waals surface area contributed by atoms with Crippen LogP contribution >= 0.6 is 0 Å². The standard InChI is InChI=1S/C23H30N2O4/c1-5-17(4)18-9-11-20(12-10-18)29-15-22(26)24-25-23(27)19-7-6-8-21(13-19)28-14-16(2)3/h6-13,16-17H,5,14-15H2,1-4H3,(H,24,26)(H,25,27). The highest BCUT2D eigenvalue weighted by Crippen LogP contribution is 2.21. The third kappa shape index (κ3) is 7.49. The van der Waals surface area contributed by atoms with E-state index in [4.69, 9.17) is 9.47 Å². The fraction of sp³-hybridized carbons (Fsp3) is 0.391. The highest BCUT2D eigenvalue weighted by molar-refractivity contribution is 5.95. The Labute approximate surface area is 172 Å². The first kappa shape index (κ1) is 22.3. The normalized spacial score (nSPS) is 11.6.